The molecule has 0 aromatic heterocycles. The van der Waals surface area contributed by atoms with Gasteiger partial charge in [-0.05, 0) is 42.0 Å². The molecule has 0 radical (unpaired) electrons. The lowest BCUT2D eigenvalue weighted by atomic mass is 10.2. The molecule has 2 aromatic carbocycles. The molecule has 2 aromatic rings. The van der Waals surface area contributed by atoms with Gasteiger partial charge in [-0.3, -0.25) is 9.59 Å². The third-order valence-electron chi connectivity index (χ3n) is 4.19. The Bertz CT molecular complexity index is 988. The molecule has 1 aliphatic rings. The van der Waals surface area contributed by atoms with Gasteiger partial charge in [0.2, 0.25) is 11.8 Å². The van der Waals surface area contributed by atoms with Crippen molar-refractivity contribution < 1.29 is 18.0 Å². The largest absolute Gasteiger partial charge is 0.326 e. The van der Waals surface area contributed by atoms with E-state index in [0.29, 0.717) is 11.3 Å². The lowest BCUT2D eigenvalue weighted by molar-refractivity contribution is -0.117. The Morgan fingerprint density at radius 3 is 2.73 bits per heavy atom. The van der Waals surface area contributed by atoms with Crippen LogP contribution >= 0.6 is 15.9 Å². The van der Waals surface area contributed by atoms with Crippen LogP contribution in [0.5, 0.6) is 0 Å². The van der Waals surface area contributed by atoms with Crippen LogP contribution in [0.2, 0.25) is 0 Å². The first-order valence-electron chi connectivity index (χ1n) is 7.94. The Morgan fingerprint density at radius 2 is 2.00 bits per heavy atom. The number of hydrogen-bond acceptors (Lipinski definition) is 4. The number of nitrogens with zero attached hydrogens (tertiary/aromatic N) is 1. The van der Waals surface area contributed by atoms with Crippen LogP contribution in [0, 0.1) is 0 Å². The Labute approximate surface area is 160 Å². The van der Waals surface area contributed by atoms with Crippen molar-refractivity contribution >= 4 is 49.0 Å². The van der Waals surface area contributed by atoms with Crippen molar-refractivity contribution in [1.82, 2.24) is 0 Å². The number of sulfone groups is 1. The fraction of sp³-hybridized carbons (Fsp3) is 0.222. The number of benzene rings is 2. The smallest absolute Gasteiger partial charge is 0.231 e. The zero-order valence-corrected chi connectivity index (χ0v) is 16.4. The van der Waals surface area contributed by atoms with E-state index in [0.717, 1.165) is 10.2 Å². The molecule has 1 aliphatic heterocycles. The molecule has 0 saturated carbocycles. The van der Waals surface area contributed by atoms with E-state index in [2.05, 4.69) is 21.2 Å². The molecule has 0 aliphatic carbocycles. The van der Waals surface area contributed by atoms with Crippen molar-refractivity contribution in [2.24, 2.45) is 0 Å². The van der Waals surface area contributed by atoms with E-state index in [1.54, 1.807) is 31.3 Å². The van der Waals surface area contributed by atoms with Gasteiger partial charge in [-0.2, -0.15) is 0 Å². The summed E-state index contributed by atoms with van der Waals surface area (Å²) in [4.78, 5) is 25.4. The number of fused-ring (bicyclic) bond motifs is 1. The number of likely N-dealkylation sites (N-methyl/N-ethyl adjacent to an activating group) is 1. The summed E-state index contributed by atoms with van der Waals surface area (Å²) >= 11 is 3.31. The maximum atomic E-state index is 12.5. The molecule has 0 atom stereocenters. The SMILES string of the molecule is CN1C(=O)Cc2cc(S(=O)(=O)CCC(=O)Nc3cccc(Br)c3)ccc21. The molecule has 26 heavy (non-hydrogen) atoms. The molecule has 0 fully saturated rings. The first kappa shape index (κ1) is 18.6. The topological polar surface area (TPSA) is 83.6 Å². The van der Waals surface area contributed by atoms with Crippen molar-refractivity contribution in [3.63, 3.8) is 0 Å². The van der Waals surface area contributed by atoms with Crippen LogP contribution in [-0.4, -0.2) is 33.0 Å². The monoisotopic (exact) mass is 436 g/mol. The van der Waals surface area contributed by atoms with Gasteiger partial charge in [0.1, 0.15) is 0 Å². The molecule has 3 rings (SSSR count). The summed E-state index contributed by atoms with van der Waals surface area (Å²) in [5.41, 5.74) is 2.01. The van der Waals surface area contributed by atoms with Crippen molar-refractivity contribution in [2.75, 3.05) is 23.0 Å². The Balaban J connectivity index is 1.67. The fourth-order valence-electron chi connectivity index (χ4n) is 2.77. The molecular weight excluding hydrogens is 420 g/mol. The zero-order valence-electron chi connectivity index (χ0n) is 14.0. The Hall–Kier alpha value is -2.19. The molecule has 6 nitrogen and oxygen atoms in total. The normalized spacial score (nSPS) is 13.6. The van der Waals surface area contributed by atoms with Crippen LogP contribution in [-0.2, 0) is 25.8 Å². The maximum Gasteiger partial charge on any atom is 0.231 e. The van der Waals surface area contributed by atoms with E-state index in [9.17, 15) is 18.0 Å². The maximum absolute atomic E-state index is 12.5. The number of carbonyl (C=O) groups excluding carboxylic acids is 2. The van der Waals surface area contributed by atoms with Gasteiger partial charge < -0.3 is 10.2 Å². The van der Waals surface area contributed by atoms with Crippen molar-refractivity contribution in [3.05, 3.63) is 52.5 Å². The Kier molecular flexibility index (Phi) is 5.15. The minimum absolute atomic E-state index is 0.0667. The van der Waals surface area contributed by atoms with Gasteiger partial charge in [0.25, 0.3) is 0 Å². The molecule has 1 heterocycles. The number of anilines is 2. The van der Waals surface area contributed by atoms with Crippen LogP contribution < -0.4 is 10.2 Å². The molecule has 8 heteroatoms. The van der Waals surface area contributed by atoms with E-state index in [-0.39, 0.29) is 35.3 Å². The second-order valence-corrected chi connectivity index (χ2v) is 9.07. The van der Waals surface area contributed by atoms with E-state index in [1.807, 2.05) is 6.07 Å². The first-order chi connectivity index (χ1) is 12.3. The molecule has 2 amide bonds. The van der Waals surface area contributed by atoms with Gasteiger partial charge in [-0.1, -0.05) is 22.0 Å². The number of nitrogens with one attached hydrogen (secondary N) is 1. The summed E-state index contributed by atoms with van der Waals surface area (Å²) in [5, 5.41) is 2.68. The lowest BCUT2D eigenvalue weighted by Crippen LogP contribution is -2.20. The molecule has 0 saturated heterocycles. The lowest BCUT2D eigenvalue weighted by Gasteiger charge is -2.11. The average molecular weight is 437 g/mol. The highest BCUT2D eigenvalue weighted by Crippen LogP contribution is 2.30. The quantitative estimate of drug-likeness (QED) is 0.780. The molecule has 0 unspecified atom stereocenters. The van der Waals surface area contributed by atoms with E-state index in [1.165, 1.54) is 17.0 Å². The predicted molar refractivity (Wildman–Crippen MR) is 103 cm³/mol. The van der Waals surface area contributed by atoms with Gasteiger partial charge in [0.05, 0.1) is 17.1 Å². The number of amides is 2. The molecule has 0 bridgehead atoms. The number of carbonyl (C=O) groups is 2. The second-order valence-electron chi connectivity index (χ2n) is 6.05. The summed E-state index contributed by atoms with van der Waals surface area (Å²) in [6, 6.07) is 11.7. The van der Waals surface area contributed by atoms with E-state index >= 15 is 0 Å². The van der Waals surface area contributed by atoms with Crippen LogP contribution in [0.1, 0.15) is 12.0 Å². The highest BCUT2D eigenvalue weighted by molar-refractivity contribution is 9.10. The van der Waals surface area contributed by atoms with E-state index in [4.69, 9.17) is 0 Å². The van der Waals surface area contributed by atoms with Gasteiger partial charge in [-0.15, -0.1) is 0 Å². The van der Waals surface area contributed by atoms with Gasteiger partial charge in [0.15, 0.2) is 9.84 Å². The molecular formula is C18H17BrN2O4S. The van der Waals surface area contributed by atoms with Crippen LogP contribution in [0.15, 0.2) is 51.8 Å². The van der Waals surface area contributed by atoms with Gasteiger partial charge in [0, 0.05) is 29.3 Å². The summed E-state index contributed by atoms with van der Waals surface area (Å²) in [6.07, 6.45) is 0.0450. The first-order valence-corrected chi connectivity index (χ1v) is 10.4. The molecule has 0 spiro atoms. The van der Waals surface area contributed by atoms with Crippen molar-refractivity contribution in [3.8, 4) is 0 Å². The van der Waals surface area contributed by atoms with Crippen LogP contribution in [0.4, 0.5) is 11.4 Å². The number of rotatable bonds is 5. The summed E-state index contributed by atoms with van der Waals surface area (Å²) < 4.78 is 25.9. The van der Waals surface area contributed by atoms with Crippen LogP contribution in [0.25, 0.3) is 0 Å². The number of hydrogen-bond donors (Lipinski definition) is 1. The minimum atomic E-state index is -3.61. The average Bonchev–Trinajstić information content (AvgIpc) is 2.87. The Morgan fingerprint density at radius 1 is 1.23 bits per heavy atom. The summed E-state index contributed by atoms with van der Waals surface area (Å²) in [6.45, 7) is 0. The summed E-state index contributed by atoms with van der Waals surface area (Å²) in [7, 11) is -1.95. The standard InChI is InChI=1S/C18H17BrN2O4S/c1-21-16-6-5-15(9-12(16)10-18(21)23)26(24,25)8-7-17(22)20-14-4-2-3-13(19)11-14/h2-6,9,11H,7-8,10H2,1H3,(H,20,22). The van der Waals surface area contributed by atoms with Gasteiger partial charge in [-0.25, -0.2) is 8.42 Å². The summed E-state index contributed by atoms with van der Waals surface area (Å²) in [5.74, 6) is -0.735. The molecule has 1 N–H and O–H groups in total. The predicted octanol–water partition coefficient (Wildman–Crippen LogP) is 2.77. The second kappa shape index (κ2) is 7.20. The highest BCUT2D eigenvalue weighted by Gasteiger charge is 2.26. The van der Waals surface area contributed by atoms with Crippen molar-refractivity contribution in [2.45, 2.75) is 17.7 Å². The van der Waals surface area contributed by atoms with Gasteiger partial charge >= 0.3 is 0 Å². The van der Waals surface area contributed by atoms with Crippen LogP contribution in [0.3, 0.4) is 0 Å². The highest BCUT2D eigenvalue weighted by atomic mass is 79.9. The third kappa shape index (κ3) is 3.96. The molecule has 136 valence electrons. The van der Waals surface area contributed by atoms with E-state index < -0.39 is 9.84 Å². The number of halogens is 1. The minimum Gasteiger partial charge on any atom is -0.326 e. The zero-order chi connectivity index (χ0) is 18.9. The third-order valence-corrected chi connectivity index (χ3v) is 6.40. The van der Waals surface area contributed by atoms with Crippen molar-refractivity contribution in [1.29, 1.82) is 0 Å². The fourth-order valence-corrected chi connectivity index (χ4v) is 4.46.